The van der Waals surface area contributed by atoms with E-state index in [0.717, 1.165) is 0 Å². The Kier molecular flexibility index (Phi) is 3.80. The van der Waals surface area contributed by atoms with Gasteiger partial charge in [0.1, 0.15) is 0 Å². The second-order valence-corrected chi connectivity index (χ2v) is 4.30. The number of thiol groups is 1. The van der Waals surface area contributed by atoms with Crippen LogP contribution < -0.4 is 5.32 Å². The van der Waals surface area contributed by atoms with Crippen molar-refractivity contribution in [2.75, 3.05) is 0 Å². The number of amides is 1. The summed E-state index contributed by atoms with van der Waals surface area (Å²) in [5.41, 5.74) is 6.23. The first-order valence-corrected chi connectivity index (χ1v) is 5.41. The fourth-order valence-electron chi connectivity index (χ4n) is 1.73. The Morgan fingerprint density at radius 3 is 2.07 bits per heavy atom. The van der Waals surface area contributed by atoms with Crippen molar-refractivity contribution in [3.63, 3.8) is 0 Å². The molecule has 0 radical (unpaired) electrons. The summed E-state index contributed by atoms with van der Waals surface area (Å²) in [5.74, 6) is 0. The molecule has 3 heteroatoms. The fraction of sp³-hybridized carbons (Fsp3) is 0.417. The third-order valence-electron chi connectivity index (χ3n) is 2.94. The molecule has 0 bridgehead atoms. The molecule has 0 aliphatic rings. The van der Waals surface area contributed by atoms with Crippen LogP contribution in [0.1, 0.15) is 27.8 Å². The van der Waals surface area contributed by atoms with Crippen LogP contribution in [-0.2, 0) is 6.54 Å². The monoisotopic (exact) mass is 223 g/mol. The van der Waals surface area contributed by atoms with Crippen LogP contribution in [0.25, 0.3) is 0 Å². The summed E-state index contributed by atoms with van der Waals surface area (Å²) >= 11 is 3.70. The van der Waals surface area contributed by atoms with Crippen molar-refractivity contribution in [1.29, 1.82) is 0 Å². The minimum absolute atomic E-state index is 0.284. The maximum absolute atomic E-state index is 10.8. The molecule has 0 heterocycles. The quantitative estimate of drug-likeness (QED) is 0.741. The number of carbonyl (C=O) groups excluding carboxylic acids is 1. The van der Waals surface area contributed by atoms with Gasteiger partial charge in [-0.05, 0) is 55.5 Å². The van der Waals surface area contributed by atoms with Gasteiger partial charge in [-0.2, -0.15) is 0 Å². The lowest BCUT2D eigenvalue weighted by molar-refractivity contribution is 0.260. The van der Waals surface area contributed by atoms with Crippen LogP contribution in [0.2, 0.25) is 0 Å². The Morgan fingerprint density at radius 2 is 1.67 bits per heavy atom. The van der Waals surface area contributed by atoms with Gasteiger partial charge in [0, 0.05) is 6.54 Å². The largest absolute Gasteiger partial charge is 0.343 e. The Morgan fingerprint density at radius 1 is 1.20 bits per heavy atom. The van der Waals surface area contributed by atoms with Gasteiger partial charge in [0.05, 0.1) is 0 Å². The average molecular weight is 223 g/mol. The molecule has 0 saturated heterocycles. The normalized spacial score (nSPS) is 10.2. The van der Waals surface area contributed by atoms with E-state index in [-0.39, 0.29) is 5.24 Å². The predicted molar refractivity (Wildman–Crippen MR) is 66.6 cm³/mol. The summed E-state index contributed by atoms with van der Waals surface area (Å²) in [4.78, 5) is 10.8. The predicted octanol–water partition coefficient (Wildman–Crippen LogP) is 3.06. The average Bonchev–Trinajstić information content (AvgIpc) is 2.14. The first kappa shape index (κ1) is 12.1. The number of nitrogens with one attached hydrogen (secondary N) is 1. The molecule has 15 heavy (non-hydrogen) atoms. The Labute approximate surface area is 96.5 Å². The molecule has 2 nitrogen and oxygen atoms in total. The zero-order valence-electron chi connectivity index (χ0n) is 9.64. The highest BCUT2D eigenvalue weighted by molar-refractivity contribution is 7.96. The Bertz CT molecular complexity index is 373. The molecular weight excluding hydrogens is 206 g/mol. The molecule has 0 spiro atoms. The van der Waals surface area contributed by atoms with Crippen LogP contribution in [0.15, 0.2) is 6.07 Å². The maximum Gasteiger partial charge on any atom is 0.276 e. The fourth-order valence-corrected chi connectivity index (χ4v) is 1.81. The van der Waals surface area contributed by atoms with Crippen LogP contribution in [0.4, 0.5) is 4.79 Å². The first-order chi connectivity index (χ1) is 6.93. The van der Waals surface area contributed by atoms with Crippen molar-refractivity contribution < 1.29 is 4.79 Å². The summed E-state index contributed by atoms with van der Waals surface area (Å²) in [6.07, 6.45) is 0. The standard InChI is InChI=1S/C12H17NOS/c1-7-5-8(2)10(4)11(9(7)3)6-13-12(14)15/h5H,6H2,1-4H3,(H2,13,14,15). The number of carbonyl (C=O) groups is 1. The highest BCUT2D eigenvalue weighted by Crippen LogP contribution is 2.21. The smallest absolute Gasteiger partial charge is 0.276 e. The zero-order valence-corrected chi connectivity index (χ0v) is 10.5. The van der Waals surface area contributed by atoms with Gasteiger partial charge < -0.3 is 5.32 Å². The van der Waals surface area contributed by atoms with Crippen LogP contribution in [0, 0.1) is 27.7 Å². The molecule has 1 aromatic rings. The van der Waals surface area contributed by atoms with Gasteiger partial charge in [0.25, 0.3) is 5.24 Å². The van der Waals surface area contributed by atoms with Crippen molar-refractivity contribution in [2.24, 2.45) is 0 Å². The van der Waals surface area contributed by atoms with Crippen LogP contribution in [-0.4, -0.2) is 5.24 Å². The second kappa shape index (κ2) is 4.71. The van der Waals surface area contributed by atoms with E-state index in [9.17, 15) is 4.79 Å². The van der Waals surface area contributed by atoms with E-state index in [0.29, 0.717) is 6.54 Å². The lowest BCUT2D eigenvalue weighted by Crippen LogP contribution is -2.18. The summed E-state index contributed by atoms with van der Waals surface area (Å²) in [7, 11) is 0. The summed E-state index contributed by atoms with van der Waals surface area (Å²) < 4.78 is 0. The number of benzene rings is 1. The molecule has 0 aliphatic carbocycles. The van der Waals surface area contributed by atoms with Gasteiger partial charge in [0.15, 0.2) is 0 Å². The van der Waals surface area contributed by atoms with Gasteiger partial charge in [-0.15, -0.1) is 0 Å². The van der Waals surface area contributed by atoms with Crippen molar-refractivity contribution in [1.82, 2.24) is 5.32 Å². The number of rotatable bonds is 2. The molecule has 0 aliphatic heterocycles. The summed E-state index contributed by atoms with van der Waals surface area (Å²) in [6.45, 7) is 8.91. The summed E-state index contributed by atoms with van der Waals surface area (Å²) in [5, 5.41) is 2.44. The molecule has 1 aromatic carbocycles. The highest BCUT2D eigenvalue weighted by Gasteiger charge is 2.08. The van der Waals surface area contributed by atoms with E-state index in [1.165, 1.54) is 27.8 Å². The van der Waals surface area contributed by atoms with Crippen molar-refractivity contribution in [3.8, 4) is 0 Å². The molecule has 0 fully saturated rings. The lowest BCUT2D eigenvalue weighted by Gasteiger charge is -2.15. The van der Waals surface area contributed by atoms with Crippen LogP contribution >= 0.6 is 12.6 Å². The number of aryl methyl sites for hydroxylation is 2. The molecule has 82 valence electrons. The Balaban J connectivity index is 3.09. The minimum Gasteiger partial charge on any atom is -0.343 e. The molecule has 0 saturated carbocycles. The molecule has 0 aromatic heterocycles. The topological polar surface area (TPSA) is 29.1 Å². The van der Waals surface area contributed by atoms with Gasteiger partial charge in [-0.1, -0.05) is 18.7 Å². The highest BCUT2D eigenvalue weighted by atomic mass is 32.1. The number of hydrogen-bond donors (Lipinski definition) is 2. The SMILES string of the molecule is Cc1cc(C)c(C)c(CNC(=O)S)c1C. The van der Waals surface area contributed by atoms with Crippen LogP contribution in [0.5, 0.6) is 0 Å². The van der Waals surface area contributed by atoms with E-state index in [1.54, 1.807) is 0 Å². The van der Waals surface area contributed by atoms with Gasteiger partial charge in [-0.25, -0.2) is 0 Å². The molecule has 0 atom stereocenters. The second-order valence-electron chi connectivity index (χ2n) is 3.90. The van der Waals surface area contributed by atoms with Crippen molar-refractivity contribution >= 4 is 17.9 Å². The van der Waals surface area contributed by atoms with E-state index in [1.807, 2.05) is 0 Å². The molecule has 0 unspecified atom stereocenters. The first-order valence-electron chi connectivity index (χ1n) is 4.96. The van der Waals surface area contributed by atoms with E-state index < -0.39 is 0 Å². The molecule has 1 amide bonds. The zero-order chi connectivity index (χ0) is 11.6. The molecule has 1 N–H and O–H groups in total. The lowest BCUT2D eigenvalue weighted by atomic mass is 9.94. The third kappa shape index (κ3) is 2.75. The maximum atomic E-state index is 10.8. The third-order valence-corrected chi connectivity index (χ3v) is 3.10. The van der Waals surface area contributed by atoms with Crippen molar-refractivity contribution in [2.45, 2.75) is 34.2 Å². The Hall–Kier alpha value is -0.960. The summed E-state index contributed by atoms with van der Waals surface area (Å²) in [6, 6.07) is 2.18. The van der Waals surface area contributed by atoms with E-state index >= 15 is 0 Å². The van der Waals surface area contributed by atoms with E-state index in [2.05, 4.69) is 51.7 Å². The van der Waals surface area contributed by atoms with Gasteiger partial charge in [-0.3, -0.25) is 4.79 Å². The molecule has 1 rings (SSSR count). The number of hydrogen-bond acceptors (Lipinski definition) is 1. The minimum atomic E-state index is -0.284. The molecular formula is C12H17NOS. The van der Waals surface area contributed by atoms with Gasteiger partial charge >= 0.3 is 0 Å². The van der Waals surface area contributed by atoms with Crippen LogP contribution in [0.3, 0.4) is 0 Å². The van der Waals surface area contributed by atoms with Gasteiger partial charge in [0.2, 0.25) is 0 Å². The van der Waals surface area contributed by atoms with Crippen molar-refractivity contribution in [3.05, 3.63) is 33.9 Å². The van der Waals surface area contributed by atoms with E-state index in [4.69, 9.17) is 0 Å².